The average molecular weight is 143 g/mol. The zero-order valence-electron chi connectivity index (χ0n) is 6.80. The molecule has 0 radical (unpaired) electrons. The maximum Gasteiger partial charge on any atom is 0.0555 e. The fourth-order valence-electron chi connectivity index (χ4n) is 1.58. The molecule has 0 aliphatic heterocycles. The average Bonchev–Trinajstić information content (AvgIpc) is 2.13. The van der Waals surface area contributed by atoms with E-state index in [-0.39, 0.29) is 6.10 Å². The SMILES string of the molecule is CC(C)N[C@@H]1CC[C@@H](O)C1. The number of hydrogen-bond donors (Lipinski definition) is 2. The molecule has 1 fully saturated rings. The summed E-state index contributed by atoms with van der Waals surface area (Å²) >= 11 is 0. The first-order valence-corrected chi connectivity index (χ1v) is 4.12. The summed E-state index contributed by atoms with van der Waals surface area (Å²) in [7, 11) is 0. The van der Waals surface area contributed by atoms with Gasteiger partial charge in [0.05, 0.1) is 6.10 Å². The standard InChI is InChI=1S/C8H17NO/c1-6(2)9-7-3-4-8(10)5-7/h6-10H,3-5H2,1-2H3/t7-,8-/m1/s1. The lowest BCUT2D eigenvalue weighted by Crippen LogP contribution is -2.32. The number of rotatable bonds is 2. The normalized spacial score (nSPS) is 33.6. The van der Waals surface area contributed by atoms with Gasteiger partial charge in [-0.3, -0.25) is 0 Å². The van der Waals surface area contributed by atoms with Gasteiger partial charge in [-0.25, -0.2) is 0 Å². The highest BCUT2D eigenvalue weighted by Crippen LogP contribution is 2.18. The zero-order chi connectivity index (χ0) is 7.56. The van der Waals surface area contributed by atoms with Crippen molar-refractivity contribution in [3.8, 4) is 0 Å². The summed E-state index contributed by atoms with van der Waals surface area (Å²) in [5, 5.41) is 12.6. The van der Waals surface area contributed by atoms with E-state index in [0.717, 1.165) is 19.3 Å². The summed E-state index contributed by atoms with van der Waals surface area (Å²) in [6.07, 6.45) is 3.01. The molecule has 10 heavy (non-hydrogen) atoms. The molecule has 0 aromatic rings. The van der Waals surface area contributed by atoms with Crippen LogP contribution < -0.4 is 5.32 Å². The molecule has 0 heterocycles. The highest BCUT2D eigenvalue weighted by molar-refractivity contribution is 4.80. The van der Waals surface area contributed by atoms with Gasteiger partial charge in [0.2, 0.25) is 0 Å². The van der Waals surface area contributed by atoms with Gasteiger partial charge < -0.3 is 10.4 Å². The zero-order valence-corrected chi connectivity index (χ0v) is 6.80. The van der Waals surface area contributed by atoms with Crippen LogP contribution in [0.2, 0.25) is 0 Å². The number of aliphatic hydroxyl groups excluding tert-OH is 1. The van der Waals surface area contributed by atoms with Crippen LogP contribution in [0.3, 0.4) is 0 Å². The first-order valence-electron chi connectivity index (χ1n) is 4.12. The molecule has 1 saturated carbocycles. The summed E-state index contributed by atoms with van der Waals surface area (Å²) in [6, 6.07) is 1.12. The summed E-state index contributed by atoms with van der Waals surface area (Å²) in [5.41, 5.74) is 0. The van der Waals surface area contributed by atoms with E-state index in [4.69, 9.17) is 0 Å². The van der Waals surface area contributed by atoms with E-state index in [9.17, 15) is 5.11 Å². The molecule has 60 valence electrons. The highest BCUT2D eigenvalue weighted by atomic mass is 16.3. The van der Waals surface area contributed by atoms with Gasteiger partial charge in [-0.1, -0.05) is 13.8 Å². The maximum atomic E-state index is 9.17. The second-order valence-corrected chi connectivity index (χ2v) is 3.49. The van der Waals surface area contributed by atoms with Crippen molar-refractivity contribution in [3.05, 3.63) is 0 Å². The van der Waals surface area contributed by atoms with Crippen LogP contribution in [-0.4, -0.2) is 23.3 Å². The van der Waals surface area contributed by atoms with Gasteiger partial charge in [0, 0.05) is 12.1 Å². The predicted molar refractivity (Wildman–Crippen MR) is 41.9 cm³/mol. The van der Waals surface area contributed by atoms with Crippen LogP contribution in [0.15, 0.2) is 0 Å². The van der Waals surface area contributed by atoms with E-state index in [1.807, 2.05) is 0 Å². The first-order chi connectivity index (χ1) is 4.68. The van der Waals surface area contributed by atoms with Crippen molar-refractivity contribution < 1.29 is 5.11 Å². The minimum Gasteiger partial charge on any atom is -0.393 e. The Balaban J connectivity index is 2.18. The van der Waals surface area contributed by atoms with Crippen molar-refractivity contribution in [2.24, 2.45) is 0 Å². The number of nitrogens with one attached hydrogen (secondary N) is 1. The second-order valence-electron chi connectivity index (χ2n) is 3.49. The molecule has 0 amide bonds. The lowest BCUT2D eigenvalue weighted by Gasteiger charge is -2.14. The molecule has 2 N–H and O–H groups in total. The van der Waals surface area contributed by atoms with Gasteiger partial charge in [-0.05, 0) is 19.3 Å². The van der Waals surface area contributed by atoms with Gasteiger partial charge >= 0.3 is 0 Å². The first kappa shape index (κ1) is 8.02. The van der Waals surface area contributed by atoms with Crippen LogP contribution in [0.4, 0.5) is 0 Å². The fraction of sp³-hybridized carbons (Fsp3) is 1.00. The van der Waals surface area contributed by atoms with Gasteiger partial charge in [0.15, 0.2) is 0 Å². The Kier molecular flexibility index (Phi) is 2.69. The molecule has 0 bridgehead atoms. The van der Waals surface area contributed by atoms with Gasteiger partial charge in [0.1, 0.15) is 0 Å². The van der Waals surface area contributed by atoms with Crippen LogP contribution in [0.25, 0.3) is 0 Å². The van der Waals surface area contributed by atoms with E-state index < -0.39 is 0 Å². The lowest BCUT2D eigenvalue weighted by atomic mass is 10.2. The van der Waals surface area contributed by atoms with E-state index in [1.54, 1.807) is 0 Å². The minimum atomic E-state index is -0.0451. The highest BCUT2D eigenvalue weighted by Gasteiger charge is 2.22. The van der Waals surface area contributed by atoms with Crippen LogP contribution in [0.1, 0.15) is 33.1 Å². The molecule has 2 nitrogen and oxygen atoms in total. The summed E-state index contributed by atoms with van der Waals surface area (Å²) < 4.78 is 0. The smallest absolute Gasteiger partial charge is 0.0555 e. The Bertz CT molecular complexity index is 103. The van der Waals surface area contributed by atoms with Crippen LogP contribution in [0, 0.1) is 0 Å². The monoisotopic (exact) mass is 143 g/mol. The number of hydrogen-bond acceptors (Lipinski definition) is 2. The maximum absolute atomic E-state index is 9.17. The predicted octanol–water partition coefficient (Wildman–Crippen LogP) is 0.898. The third kappa shape index (κ3) is 2.27. The second kappa shape index (κ2) is 3.35. The Morgan fingerprint density at radius 1 is 1.40 bits per heavy atom. The van der Waals surface area contributed by atoms with Crippen LogP contribution in [-0.2, 0) is 0 Å². The largest absolute Gasteiger partial charge is 0.393 e. The topological polar surface area (TPSA) is 32.3 Å². The molecule has 0 saturated heterocycles. The molecule has 2 atom stereocenters. The molecule has 0 aromatic carbocycles. The molecule has 1 rings (SSSR count). The molecule has 0 spiro atoms. The van der Waals surface area contributed by atoms with Gasteiger partial charge in [0.25, 0.3) is 0 Å². The molecular weight excluding hydrogens is 126 g/mol. The van der Waals surface area contributed by atoms with Crippen molar-refractivity contribution in [2.45, 2.75) is 51.3 Å². The van der Waals surface area contributed by atoms with Gasteiger partial charge in [-0.15, -0.1) is 0 Å². The molecule has 0 unspecified atom stereocenters. The van der Waals surface area contributed by atoms with Gasteiger partial charge in [-0.2, -0.15) is 0 Å². The Morgan fingerprint density at radius 3 is 2.50 bits per heavy atom. The molecule has 2 heteroatoms. The Morgan fingerprint density at radius 2 is 2.10 bits per heavy atom. The van der Waals surface area contributed by atoms with Crippen molar-refractivity contribution >= 4 is 0 Å². The minimum absolute atomic E-state index is 0.0451. The summed E-state index contributed by atoms with van der Waals surface area (Å²) in [4.78, 5) is 0. The van der Waals surface area contributed by atoms with Crippen molar-refractivity contribution in [1.29, 1.82) is 0 Å². The number of aliphatic hydroxyl groups is 1. The summed E-state index contributed by atoms with van der Waals surface area (Å²) in [5.74, 6) is 0. The van der Waals surface area contributed by atoms with Crippen LogP contribution >= 0.6 is 0 Å². The third-order valence-corrected chi connectivity index (χ3v) is 1.97. The van der Waals surface area contributed by atoms with Crippen molar-refractivity contribution in [2.75, 3.05) is 0 Å². The Labute approximate surface area is 62.6 Å². The van der Waals surface area contributed by atoms with E-state index in [1.165, 1.54) is 0 Å². The Hall–Kier alpha value is -0.0800. The third-order valence-electron chi connectivity index (χ3n) is 1.97. The molecule has 0 aromatic heterocycles. The van der Waals surface area contributed by atoms with E-state index >= 15 is 0 Å². The van der Waals surface area contributed by atoms with Crippen molar-refractivity contribution in [3.63, 3.8) is 0 Å². The molecule has 1 aliphatic rings. The summed E-state index contributed by atoms with van der Waals surface area (Å²) in [6.45, 7) is 4.29. The lowest BCUT2D eigenvalue weighted by molar-refractivity contribution is 0.179. The van der Waals surface area contributed by atoms with Crippen molar-refractivity contribution in [1.82, 2.24) is 5.32 Å². The molecular formula is C8H17NO. The van der Waals surface area contributed by atoms with Crippen LogP contribution in [0.5, 0.6) is 0 Å². The quantitative estimate of drug-likeness (QED) is 0.602. The molecule has 1 aliphatic carbocycles. The van der Waals surface area contributed by atoms with E-state index in [0.29, 0.717) is 12.1 Å². The van der Waals surface area contributed by atoms with E-state index in [2.05, 4.69) is 19.2 Å². The fourth-order valence-corrected chi connectivity index (χ4v) is 1.58.